The van der Waals surface area contributed by atoms with Crippen LogP contribution in [0.25, 0.3) is 0 Å². The normalized spacial score (nSPS) is 13.8. The van der Waals surface area contributed by atoms with Gasteiger partial charge in [-0.2, -0.15) is 5.26 Å². The van der Waals surface area contributed by atoms with Gasteiger partial charge in [0.25, 0.3) is 5.91 Å². The Morgan fingerprint density at radius 1 is 1.29 bits per heavy atom. The minimum Gasteiger partial charge on any atom is -0.484 e. The summed E-state index contributed by atoms with van der Waals surface area (Å²) in [5.74, 6) is 0.948. The van der Waals surface area contributed by atoms with Gasteiger partial charge in [-0.15, -0.1) is 0 Å². The molecule has 1 amide bonds. The highest BCUT2D eigenvalue weighted by Crippen LogP contribution is 2.18. The van der Waals surface area contributed by atoms with Crippen molar-refractivity contribution in [3.63, 3.8) is 0 Å². The van der Waals surface area contributed by atoms with E-state index >= 15 is 0 Å². The van der Waals surface area contributed by atoms with Gasteiger partial charge in [0, 0.05) is 17.3 Å². The summed E-state index contributed by atoms with van der Waals surface area (Å²) < 4.78 is 11.1. The number of carbonyl (C=O) groups is 1. The van der Waals surface area contributed by atoms with E-state index in [1.807, 2.05) is 6.07 Å². The molecule has 1 aromatic heterocycles. The Hall–Kier alpha value is -2.78. The smallest absolute Gasteiger partial charge is 0.260 e. The highest BCUT2D eigenvalue weighted by molar-refractivity contribution is 6.30. The molecule has 6 nitrogen and oxygen atoms in total. The van der Waals surface area contributed by atoms with E-state index in [0.717, 1.165) is 0 Å². The van der Waals surface area contributed by atoms with Gasteiger partial charge in [0.1, 0.15) is 17.9 Å². The maximum Gasteiger partial charge on any atom is 0.260 e. The molecule has 3 rings (SSSR count). The molecule has 0 bridgehead atoms. The lowest BCUT2D eigenvalue weighted by Crippen LogP contribution is -2.57. The van der Waals surface area contributed by atoms with Crippen LogP contribution in [-0.2, 0) is 4.79 Å². The maximum absolute atomic E-state index is 12.0. The van der Waals surface area contributed by atoms with E-state index in [0.29, 0.717) is 35.3 Å². The average Bonchev–Trinajstić information content (AvgIpc) is 2.57. The summed E-state index contributed by atoms with van der Waals surface area (Å²) in [5.41, 5.74) is 0.479. The summed E-state index contributed by atoms with van der Waals surface area (Å²) in [7, 11) is 0. The van der Waals surface area contributed by atoms with Crippen LogP contribution in [0.2, 0.25) is 5.02 Å². The number of hydrogen-bond acceptors (Lipinski definition) is 5. The Morgan fingerprint density at radius 3 is 2.67 bits per heavy atom. The van der Waals surface area contributed by atoms with Gasteiger partial charge < -0.3 is 14.4 Å². The molecule has 0 atom stereocenters. The number of pyridine rings is 1. The van der Waals surface area contributed by atoms with Crippen LogP contribution in [0, 0.1) is 11.3 Å². The van der Waals surface area contributed by atoms with Crippen LogP contribution in [0.4, 0.5) is 0 Å². The molecule has 0 spiro atoms. The number of ether oxygens (including phenoxy) is 2. The third-order valence-corrected chi connectivity index (χ3v) is 3.78. The predicted molar refractivity (Wildman–Crippen MR) is 86.9 cm³/mol. The minimum absolute atomic E-state index is 0.0243. The Morgan fingerprint density at radius 2 is 2.04 bits per heavy atom. The van der Waals surface area contributed by atoms with Gasteiger partial charge in [-0.1, -0.05) is 11.6 Å². The zero-order chi connectivity index (χ0) is 16.9. The number of halogens is 1. The lowest BCUT2D eigenvalue weighted by atomic mass is 10.1. The van der Waals surface area contributed by atoms with Crippen LogP contribution in [-0.4, -0.2) is 41.6 Å². The summed E-state index contributed by atoms with van der Waals surface area (Å²) >= 11 is 5.79. The van der Waals surface area contributed by atoms with Crippen molar-refractivity contribution in [1.82, 2.24) is 9.88 Å². The summed E-state index contributed by atoms with van der Waals surface area (Å²) in [6.07, 6.45) is 1.36. The van der Waals surface area contributed by atoms with Crippen molar-refractivity contribution < 1.29 is 14.3 Å². The third-order valence-electron chi connectivity index (χ3n) is 3.53. The Labute approximate surface area is 144 Å². The molecule has 2 heterocycles. The fourth-order valence-electron chi connectivity index (χ4n) is 2.17. The van der Waals surface area contributed by atoms with Gasteiger partial charge >= 0.3 is 0 Å². The SMILES string of the molecule is N#Cc1ccc(OC2CN(C(=O)COc3ccc(Cl)cc3)C2)nc1. The van der Waals surface area contributed by atoms with Crippen molar-refractivity contribution in [3.8, 4) is 17.7 Å². The summed E-state index contributed by atoms with van der Waals surface area (Å²) in [4.78, 5) is 17.7. The van der Waals surface area contributed by atoms with E-state index in [2.05, 4.69) is 4.98 Å². The first-order valence-electron chi connectivity index (χ1n) is 7.33. The van der Waals surface area contributed by atoms with Gasteiger partial charge in [0.05, 0.1) is 18.7 Å². The number of hydrogen-bond donors (Lipinski definition) is 0. The van der Waals surface area contributed by atoms with Crippen LogP contribution in [0.1, 0.15) is 5.56 Å². The van der Waals surface area contributed by atoms with Crippen molar-refractivity contribution in [2.24, 2.45) is 0 Å². The quantitative estimate of drug-likeness (QED) is 0.832. The molecule has 0 saturated carbocycles. The van der Waals surface area contributed by atoms with E-state index in [9.17, 15) is 4.79 Å². The van der Waals surface area contributed by atoms with Crippen molar-refractivity contribution in [2.45, 2.75) is 6.10 Å². The number of likely N-dealkylation sites (tertiary alicyclic amines) is 1. The number of benzene rings is 1. The first kappa shape index (κ1) is 16.1. The lowest BCUT2D eigenvalue weighted by Gasteiger charge is -2.38. The molecule has 2 aromatic rings. The first-order valence-corrected chi connectivity index (χ1v) is 7.71. The number of nitrogens with zero attached hydrogens (tertiary/aromatic N) is 3. The molecule has 24 heavy (non-hydrogen) atoms. The van der Waals surface area contributed by atoms with Gasteiger partial charge in [-0.05, 0) is 30.3 Å². The fraction of sp³-hybridized carbons (Fsp3) is 0.235. The van der Waals surface area contributed by atoms with Crippen LogP contribution in [0.3, 0.4) is 0 Å². The van der Waals surface area contributed by atoms with Gasteiger partial charge in [0.2, 0.25) is 5.88 Å². The fourth-order valence-corrected chi connectivity index (χ4v) is 2.30. The molecule has 1 aliphatic heterocycles. The van der Waals surface area contributed by atoms with E-state index in [-0.39, 0.29) is 18.6 Å². The number of rotatable bonds is 5. The van der Waals surface area contributed by atoms with Gasteiger partial charge in [-0.3, -0.25) is 4.79 Å². The topological polar surface area (TPSA) is 75.5 Å². The number of aromatic nitrogens is 1. The number of carbonyl (C=O) groups excluding carboxylic acids is 1. The molecular formula is C17H14ClN3O3. The summed E-state index contributed by atoms with van der Waals surface area (Å²) in [6, 6.07) is 12.1. The average molecular weight is 344 g/mol. The van der Waals surface area contributed by atoms with E-state index in [1.54, 1.807) is 41.3 Å². The first-order chi connectivity index (χ1) is 11.6. The monoisotopic (exact) mass is 343 g/mol. The molecule has 0 N–H and O–H groups in total. The molecule has 1 saturated heterocycles. The van der Waals surface area contributed by atoms with Crippen molar-refractivity contribution in [1.29, 1.82) is 5.26 Å². The summed E-state index contributed by atoms with van der Waals surface area (Å²) in [6.45, 7) is 0.957. The largest absolute Gasteiger partial charge is 0.484 e. The molecule has 0 unspecified atom stereocenters. The second kappa shape index (κ2) is 7.20. The van der Waals surface area contributed by atoms with Crippen LogP contribution >= 0.6 is 11.6 Å². The Balaban J connectivity index is 1.41. The number of amides is 1. The van der Waals surface area contributed by atoms with Crippen LogP contribution < -0.4 is 9.47 Å². The second-order valence-electron chi connectivity index (χ2n) is 5.28. The maximum atomic E-state index is 12.0. The van der Waals surface area contributed by atoms with E-state index in [1.165, 1.54) is 6.20 Å². The van der Waals surface area contributed by atoms with Crippen LogP contribution in [0.15, 0.2) is 42.6 Å². The molecule has 1 aliphatic rings. The van der Waals surface area contributed by atoms with E-state index < -0.39 is 0 Å². The predicted octanol–water partition coefficient (Wildman–Crippen LogP) is 2.28. The van der Waals surface area contributed by atoms with E-state index in [4.69, 9.17) is 26.3 Å². The minimum atomic E-state index is -0.0995. The van der Waals surface area contributed by atoms with Gasteiger partial charge in [0.15, 0.2) is 6.61 Å². The molecular weight excluding hydrogens is 330 g/mol. The zero-order valence-electron chi connectivity index (χ0n) is 12.7. The second-order valence-corrected chi connectivity index (χ2v) is 5.71. The molecule has 0 radical (unpaired) electrons. The molecule has 0 aliphatic carbocycles. The highest BCUT2D eigenvalue weighted by Gasteiger charge is 2.32. The molecule has 122 valence electrons. The standard InChI is InChI=1S/C17H14ClN3O3/c18-13-2-4-14(5-3-13)23-11-17(22)21-9-15(10-21)24-16-6-1-12(7-19)8-20-16/h1-6,8,15H,9-11H2. The Bertz CT molecular complexity index is 750. The van der Waals surface area contributed by atoms with Crippen molar-refractivity contribution in [2.75, 3.05) is 19.7 Å². The highest BCUT2D eigenvalue weighted by atomic mass is 35.5. The molecule has 7 heteroatoms. The lowest BCUT2D eigenvalue weighted by molar-refractivity contribution is -0.142. The summed E-state index contributed by atoms with van der Waals surface area (Å²) in [5, 5.41) is 9.33. The molecule has 1 fully saturated rings. The zero-order valence-corrected chi connectivity index (χ0v) is 13.4. The Kier molecular flexibility index (Phi) is 4.82. The van der Waals surface area contributed by atoms with Crippen molar-refractivity contribution in [3.05, 3.63) is 53.2 Å². The van der Waals surface area contributed by atoms with Crippen LogP contribution in [0.5, 0.6) is 11.6 Å². The number of nitriles is 1. The van der Waals surface area contributed by atoms with Gasteiger partial charge in [-0.25, -0.2) is 4.98 Å². The third kappa shape index (κ3) is 3.94. The van der Waals surface area contributed by atoms with Crippen molar-refractivity contribution >= 4 is 17.5 Å². The molecule has 1 aromatic carbocycles.